The van der Waals surface area contributed by atoms with Crippen LogP contribution in [0.3, 0.4) is 0 Å². The molecule has 1 nitrogen and oxygen atoms in total. The Hall–Kier alpha value is -1.76. The normalized spacial score (nSPS) is 14.3. The topological polar surface area (TPSA) is 3.24 Å². The Labute approximate surface area is 89.6 Å². The van der Waals surface area contributed by atoms with Gasteiger partial charge in [-0.3, -0.25) is 0 Å². The Bertz CT molecular complexity index is 540. The van der Waals surface area contributed by atoms with Crippen LogP contribution in [0.2, 0.25) is 0 Å². The van der Waals surface area contributed by atoms with Gasteiger partial charge in [-0.25, -0.2) is 0 Å². The molecule has 0 saturated heterocycles. The lowest BCUT2D eigenvalue weighted by Crippen LogP contribution is -2.14. The average molecular weight is 195 g/mol. The van der Waals surface area contributed by atoms with Crippen molar-refractivity contribution in [2.24, 2.45) is 0 Å². The van der Waals surface area contributed by atoms with Crippen LogP contribution in [0.4, 0.5) is 0 Å². The highest BCUT2D eigenvalue weighted by atomic mass is 15.1. The summed E-state index contributed by atoms with van der Waals surface area (Å²) in [5.74, 6) is 0. The molecule has 1 aliphatic heterocycles. The van der Waals surface area contributed by atoms with E-state index in [9.17, 15) is 0 Å². The van der Waals surface area contributed by atoms with Gasteiger partial charge in [-0.15, -0.1) is 0 Å². The van der Waals surface area contributed by atoms with Gasteiger partial charge in [-0.1, -0.05) is 24.3 Å². The minimum atomic E-state index is 1.01. The summed E-state index contributed by atoms with van der Waals surface area (Å²) in [7, 11) is 2.11. The minimum absolute atomic E-state index is 1.01. The summed E-state index contributed by atoms with van der Waals surface area (Å²) in [5, 5.41) is 2.66. The molecule has 1 heterocycles. The molecular formula is C14H13N. The van der Waals surface area contributed by atoms with Crippen molar-refractivity contribution >= 4 is 16.8 Å². The molecule has 0 fully saturated rings. The van der Waals surface area contributed by atoms with Gasteiger partial charge in [-0.05, 0) is 46.3 Å². The maximum absolute atomic E-state index is 2.30. The predicted octanol–water partition coefficient (Wildman–Crippen LogP) is 3.26. The molecular weight excluding hydrogens is 182 g/mol. The zero-order valence-corrected chi connectivity index (χ0v) is 8.77. The third-order valence-electron chi connectivity index (χ3n) is 2.94. The molecule has 0 N–H and O–H groups in total. The van der Waals surface area contributed by atoms with Crippen LogP contribution in [0.15, 0.2) is 42.6 Å². The average Bonchev–Trinajstić information content (AvgIpc) is 2.26. The van der Waals surface area contributed by atoms with Crippen LogP contribution >= 0.6 is 0 Å². The Morgan fingerprint density at radius 1 is 1.07 bits per heavy atom. The number of hydrogen-bond acceptors (Lipinski definition) is 1. The van der Waals surface area contributed by atoms with Crippen molar-refractivity contribution < 1.29 is 0 Å². The molecule has 0 saturated carbocycles. The van der Waals surface area contributed by atoms with Gasteiger partial charge in [0, 0.05) is 13.6 Å². The van der Waals surface area contributed by atoms with Gasteiger partial charge in [0.15, 0.2) is 0 Å². The van der Waals surface area contributed by atoms with Gasteiger partial charge in [0.05, 0.1) is 0 Å². The van der Waals surface area contributed by atoms with Crippen LogP contribution in [0.1, 0.15) is 11.1 Å². The lowest BCUT2D eigenvalue weighted by atomic mass is 9.99. The van der Waals surface area contributed by atoms with Crippen LogP contribution in [-0.2, 0) is 6.54 Å². The highest BCUT2D eigenvalue weighted by molar-refractivity contribution is 5.86. The number of nitrogens with zero attached hydrogens (tertiary/aromatic N) is 1. The summed E-state index contributed by atoms with van der Waals surface area (Å²) < 4.78 is 0. The molecule has 0 spiro atoms. The first-order valence-electron chi connectivity index (χ1n) is 5.23. The molecule has 74 valence electrons. The summed E-state index contributed by atoms with van der Waals surface area (Å²) in [5.41, 5.74) is 2.77. The molecule has 2 aromatic rings. The standard InChI is InChI=1S/C14H13N/c1-15-7-6-13-8-11-4-2-3-5-12(11)9-14(13)10-15/h2-9H,10H2,1H3. The van der Waals surface area contributed by atoms with Crippen molar-refractivity contribution in [2.75, 3.05) is 7.05 Å². The van der Waals surface area contributed by atoms with Gasteiger partial charge >= 0.3 is 0 Å². The molecule has 0 atom stereocenters. The van der Waals surface area contributed by atoms with Gasteiger partial charge < -0.3 is 4.90 Å². The van der Waals surface area contributed by atoms with E-state index in [1.165, 1.54) is 21.9 Å². The molecule has 15 heavy (non-hydrogen) atoms. The molecule has 2 aromatic carbocycles. The van der Waals surface area contributed by atoms with Crippen molar-refractivity contribution in [3.05, 3.63) is 53.7 Å². The molecule has 1 heteroatoms. The first-order valence-corrected chi connectivity index (χ1v) is 5.23. The number of benzene rings is 2. The van der Waals surface area contributed by atoms with E-state index in [4.69, 9.17) is 0 Å². The quantitative estimate of drug-likeness (QED) is 0.623. The van der Waals surface area contributed by atoms with E-state index in [0.717, 1.165) is 6.54 Å². The van der Waals surface area contributed by atoms with Crippen LogP contribution in [0, 0.1) is 0 Å². The lowest BCUT2D eigenvalue weighted by molar-refractivity contribution is 0.448. The fraction of sp³-hybridized carbons (Fsp3) is 0.143. The highest BCUT2D eigenvalue weighted by Gasteiger charge is 2.08. The smallest absolute Gasteiger partial charge is 0.0426 e. The zero-order chi connectivity index (χ0) is 10.3. The lowest BCUT2D eigenvalue weighted by Gasteiger charge is -2.21. The molecule has 0 bridgehead atoms. The maximum atomic E-state index is 2.30. The molecule has 3 rings (SSSR count). The summed E-state index contributed by atoms with van der Waals surface area (Å²) in [6.45, 7) is 1.01. The molecule has 0 aromatic heterocycles. The van der Waals surface area contributed by atoms with Crippen molar-refractivity contribution in [1.82, 2.24) is 4.90 Å². The third-order valence-corrected chi connectivity index (χ3v) is 2.94. The van der Waals surface area contributed by atoms with Gasteiger partial charge in [0.25, 0.3) is 0 Å². The predicted molar refractivity (Wildman–Crippen MR) is 64.4 cm³/mol. The monoisotopic (exact) mass is 195 g/mol. The molecule has 0 radical (unpaired) electrons. The zero-order valence-electron chi connectivity index (χ0n) is 8.77. The van der Waals surface area contributed by atoms with Gasteiger partial charge in [-0.2, -0.15) is 0 Å². The van der Waals surface area contributed by atoms with Crippen molar-refractivity contribution in [3.63, 3.8) is 0 Å². The second-order valence-electron chi connectivity index (χ2n) is 4.13. The van der Waals surface area contributed by atoms with Gasteiger partial charge in [0.2, 0.25) is 0 Å². The number of fused-ring (bicyclic) bond motifs is 2. The van der Waals surface area contributed by atoms with Crippen LogP contribution < -0.4 is 0 Å². The van der Waals surface area contributed by atoms with Crippen LogP contribution in [-0.4, -0.2) is 11.9 Å². The third kappa shape index (κ3) is 1.40. The van der Waals surface area contributed by atoms with Crippen LogP contribution in [0.25, 0.3) is 16.8 Å². The van der Waals surface area contributed by atoms with E-state index in [1.54, 1.807) is 0 Å². The summed E-state index contributed by atoms with van der Waals surface area (Å²) in [4.78, 5) is 2.21. The number of rotatable bonds is 0. The van der Waals surface area contributed by atoms with E-state index in [2.05, 4.69) is 60.6 Å². The van der Waals surface area contributed by atoms with E-state index in [1.807, 2.05) is 0 Å². The Balaban J connectivity index is 2.26. The van der Waals surface area contributed by atoms with Crippen LogP contribution in [0.5, 0.6) is 0 Å². The fourth-order valence-electron chi connectivity index (χ4n) is 2.13. The molecule has 0 unspecified atom stereocenters. The summed E-state index contributed by atoms with van der Waals surface area (Å²) in [6.07, 6.45) is 4.32. The first kappa shape index (κ1) is 8.54. The second kappa shape index (κ2) is 3.13. The first-order chi connectivity index (χ1) is 7.33. The fourth-order valence-corrected chi connectivity index (χ4v) is 2.13. The van der Waals surface area contributed by atoms with E-state index in [0.29, 0.717) is 0 Å². The van der Waals surface area contributed by atoms with E-state index < -0.39 is 0 Å². The molecule has 1 aliphatic rings. The Morgan fingerprint density at radius 2 is 1.80 bits per heavy atom. The van der Waals surface area contributed by atoms with Crippen molar-refractivity contribution in [2.45, 2.75) is 6.54 Å². The Morgan fingerprint density at radius 3 is 2.60 bits per heavy atom. The van der Waals surface area contributed by atoms with Crippen molar-refractivity contribution in [3.8, 4) is 0 Å². The molecule has 0 amide bonds. The van der Waals surface area contributed by atoms with E-state index in [-0.39, 0.29) is 0 Å². The maximum Gasteiger partial charge on any atom is 0.0426 e. The largest absolute Gasteiger partial charge is 0.376 e. The number of hydrogen-bond donors (Lipinski definition) is 0. The summed E-state index contributed by atoms with van der Waals surface area (Å²) in [6, 6.07) is 13.1. The second-order valence-corrected chi connectivity index (χ2v) is 4.13. The van der Waals surface area contributed by atoms with E-state index >= 15 is 0 Å². The molecule has 0 aliphatic carbocycles. The minimum Gasteiger partial charge on any atom is -0.376 e. The van der Waals surface area contributed by atoms with Gasteiger partial charge in [0.1, 0.15) is 0 Å². The van der Waals surface area contributed by atoms with Crippen molar-refractivity contribution in [1.29, 1.82) is 0 Å². The highest BCUT2D eigenvalue weighted by Crippen LogP contribution is 2.24. The SMILES string of the molecule is CN1C=Cc2cc3ccccc3cc2C1. The Kier molecular flexibility index (Phi) is 1.78. The summed E-state index contributed by atoms with van der Waals surface area (Å²) >= 11 is 0.